The Labute approximate surface area is 196 Å². The van der Waals surface area contributed by atoms with Crippen molar-refractivity contribution in [3.8, 4) is 33.9 Å². The van der Waals surface area contributed by atoms with E-state index in [1.165, 1.54) is 16.7 Å². The number of carboxylic acid groups (broad SMARTS) is 1. The molecule has 1 aliphatic heterocycles. The molecule has 34 heavy (non-hydrogen) atoms. The summed E-state index contributed by atoms with van der Waals surface area (Å²) in [7, 11) is 0. The number of ether oxygens (including phenoxy) is 2. The lowest BCUT2D eigenvalue weighted by Crippen LogP contribution is -2.07. The van der Waals surface area contributed by atoms with E-state index in [2.05, 4.69) is 35.5 Å². The maximum absolute atomic E-state index is 11.1. The Morgan fingerprint density at radius 3 is 2.68 bits per heavy atom. The van der Waals surface area contributed by atoms with Gasteiger partial charge in [0.2, 0.25) is 0 Å². The molecule has 1 N–H and O–H groups in total. The van der Waals surface area contributed by atoms with Crippen molar-refractivity contribution < 1.29 is 23.9 Å². The maximum Gasteiger partial charge on any atom is 0.304 e. The van der Waals surface area contributed by atoms with E-state index in [1.807, 2.05) is 36.4 Å². The quantitative estimate of drug-likeness (QED) is 0.384. The molecule has 0 fully saturated rings. The van der Waals surface area contributed by atoms with Gasteiger partial charge in [-0.15, -0.1) is 0 Å². The van der Waals surface area contributed by atoms with Crippen LogP contribution in [0.25, 0.3) is 22.5 Å². The molecule has 6 rings (SSSR count). The zero-order valence-corrected chi connectivity index (χ0v) is 18.4. The molecule has 6 heteroatoms. The normalized spacial score (nSPS) is 18.2. The highest BCUT2D eigenvalue weighted by atomic mass is 16.5. The van der Waals surface area contributed by atoms with Crippen molar-refractivity contribution in [2.45, 2.75) is 31.3 Å². The first-order valence-electron chi connectivity index (χ1n) is 11.4. The minimum atomic E-state index is -0.815. The number of carbonyl (C=O) groups is 1. The van der Waals surface area contributed by atoms with E-state index in [4.69, 9.17) is 19.1 Å². The zero-order chi connectivity index (χ0) is 23.1. The second-order valence-corrected chi connectivity index (χ2v) is 8.75. The highest BCUT2D eigenvalue weighted by molar-refractivity contribution is 5.83. The highest BCUT2D eigenvalue weighted by Gasteiger charge is 2.30. The summed E-state index contributed by atoms with van der Waals surface area (Å²) in [6.45, 7) is 0.394. The number of aromatic nitrogens is 1. The summed E-state index contributed by atoms with van der Waals surface area (Å²) in [5.41, 5.74) is 6.74. The van der Waals surface area contributed by atoms with Crippen LogP contribution in [0, 0.1) is 0 Å². The third kappa shape index (κ3) is 3.61. The van der Waals surface area contributed by atoms with Crippen LogP contribution >= 0.6 is 0 Å². The number of fused-ring (bicyclic) bond motifs is 2. The van der Waals surface area contributed by atoms with Gasteiger partial charge in [-0.25, -0.2) is 0 Å². The van der Waals surface area contributed by atoms with Crippen LogP contribution in [0.5, 0.6) is 11.5 Å². The van der Waals surface area contributed by atoms with Crippen molar-refractivity contribution in [2.75, 3.05) is 6.61 Å². The summed E-state index contributed by atoms with van der Waals surface area (Å²) in [4.78, 5) is 11.1. The van der Waals surface area contributed by atoms with Gasteiger partial charge in [0.1, 0.15) is 17.6 Å². The molecule has 2 heterocycles. The minimum absolute atomic E-state index is 0.0540. The number of aliphatic carboxylic acids is 1. The number of nitrogens with zero attached hydrogens (tertiary/aromatic N) is 1. The van der Waals surface area contributed by atoms with Gasteiger partial charge in [-0.1, -0.05) is 53.7 Å². The summed E-state index contributed by atoms with van der Waals surface area (Å²) in [5.74, 6) is 1.28. The lowest BCUT2D eigenvalue weighted by molar-refractivity contribution is -0.137. The number of benzene rings is 3. The van der Waals surface area contributed by atoms with E-state index in [9.17, 15) is 4.79 Å². The number of hydrogen-bond acceptors (Lipinski definition) is 5. The Morgan fingerprint density at radius 2 is 1.85 bits per heavy atom. The fourth-order valence-corrected chi connectivity index (χ4v) is 5.15. The van der Waals surface area contributed by atoms with Crippen LogP contribution in [0.3, 0.4) is 0 Å². The third-order valence-corrected chi connectivity index (χ3v) is 6.70. The number of rotatable bonds is 6. The monoisotopic (exact) mass is 453 g/mol. The fraction of sp³-hybridized carbons (Fsp3) is 0.214. The molecule has 0 bridgehead atoms. The molecule has 0 saturated heterocycles. The van der Waals surface area contributed by atoms with Gasteiger partial charge in [0.15, 0.2) is 5.76 Å². The third-order valence-electron chi connectivity index (χ3n) is 6.70. The summed E-state index contributed by atoms with van der Waals surface area (Å²) in [6.07, 6.45) is 3.48. The van der Waals surface area contributed by atoms with Gasteiger partial charge in [0.25, 0.3) is 0 Å². The highest BCUT2D eigenvalue weighted by Crippen LogP contribution is 2.44. The minimum Gasteiger partial charge on any atom is -0.492 e. The molecule has 1 aliphatic carbocycles. The van der Waals surface area contributed by atoms with Gasteiger partial charge >= 0.3 is 5.97 Å². The molecule has 2 aliphatic rings. The van der Waals surface area contributed by atoms with Crippen molar-refractivity contribution in [1.82, 2.24) is 5.16 Å². The average molecular weight is 453 g/mol. The van der Waals surface area contributed by atoms with Gasteiger partial charge in [-0.3, -0.25) is 4.79 Å². The standard InChI is InChI=1S/C28H23NO5/c30-28(31)14-17-16-32-27-15-18(8-9-19(17)27)33-25-11-10-22-20(6-3-7-23(22)25)21-4-1-2-5-24(21)26-12-13-29-34-26/h1-9,12-13,15,17,25H,10-11,14,16H2,(H,30,31)/t17-,25-/m1/s1. The van der Waals surface area contributed by atoms with E-state index in [0.717, 1.165) is 46.8 Å². The second kappa shape index (κ2) is 8.37. The lowest BCUT2D eigenvalue weighted by Gasteiger charge is -2.17. The van der Waals surface area contributed by atoms with E-state index >= 15 is 0 Å². The molecule has 3 aromatic carbocycles. The van der Waals surface area contributed by atoms with E-state index < -0.39 is 5.97 Å². The largest absolute Gasteiger partial charge is 0.492 e. The molecule has 0 radical (unpaired) electrons. The fourth-order valence-electron chi connectivity index (χ4n) is 5.15. The Morgan fingerprint density at radius 1 is 1.00 bits per heavy atom. The smallest absolute Gasteiger partial charge is 0.304 e. The van der Waals surface area contributed by atoms with Crippen LogP contribution in [0.2, 0.25) is 0 Å². The second-order valence-electron chi connectivity index (χ2n) is 8.75. The molecule has 6 nitrogen and oxygen atoms in total. The van der Waals surface area contributed by atoms with Crippen molar-refractivity contribution in [1.29, 1.82) is 0 Å². The number of hydrogen-bond donors (Lipinski definition) is 1. The summed E-state index contributed by atoms with van der Waals surface area (Å²) >= 11 is 0. The molecule has 170 valence electrons. The predicted octanol–water partition coefficient (Wildman–Crippen LogP) is 6.03. The molecular weight excluding hydrogens is 430 g/mol. The molecule has 0 unspecified atom stereocenters. The van der Waals surface area contributed by atoms with Crippen LogP contribution < -0.4 is 9.47 Å². The average Bonchev–Trinajstić information content (AvgIpc) is 3.60. The summed E-state index contributed by atoms with van der Waals surface area (Å²) in [6, 6.07) is 22.2. The Bertz CT molecular complexity index is 1360. The molecule has 0 saturated carbocycles. The SMILES string of the molecule is O=C(O)C[C@@H]1COc2cc(O[C@@H]3CCc4c(-c5ccccc5-c5ccno5)cccc43)ccc21. The van der Waals surface area contributed by atoms with Crippen molar-refractivity contribution in [2.24, 2.45) is 0 Å². The van der Waals surface area contributed by atoms with E-state index in [0.29, 0.717) is 6.61 Å². The van der Waals surface area contributed by atoms with Crippen LogP contribution in [-0.4, -0.2) is 22.8 Å². The molecule has 4 aromatic rings. The first-order chi connectivity index (χ1) is 16.7. The first-order valence-corrected chi connectivity index (χ1v) is 11.4. The van der Waals surface area contributed by atoms with Crippen molar-refractivity contribution in [3.63, 3.8) is 0 Å². The molecule has 0 amide bonds. The first kappa shape index (κ1) is 20.5. The lowest BCUT2D eigenvalue weighted by atomic mass is 9.92. The molecule has 2 atom stereocenters. The predicted molar refractivity (Wildman–Crippen MR) is 126 cm³/mol. The molecular formula is C28H23NO5. The van der Waals surface area contributed by atoms with Crippen LogP contribution in [-0.2, 0) is 11.2 Å². The van der Waals surface area contributed by atoms with Gasteiger partial charge in [0, 0.05) is 29.2 Å². The molecule has 1 aromatic heterocycles. The number of carboxylic acids is 1. The van der Waals surface area contributed by atoms with Crippen molar-refractivity contribution >= 4 is 5.97 Å². The maximum atomic E-state index is 11.1. The Hall–Kier alpha value is -4.06. The molecule has 0 spiro atoms. The van der Waals surface area contributed by atoms with Gasteiger partial charge < -0.3 is 19.1 Å². The van der Waals surface area contributed by atoms with Crippen LogP contribution in [0.4, 0.5) is 0 Å². The van der Waals surface area contributed by atoms with E-state index in [1.54, 1.807) is 6.20 Å². The van der Waals surface area contributed by atoms with Gasteiger partial charge in [-0.2, -0.15) is 0 Å². The van der Waals surface area contributed by atoms with Gasteiger partial charge in [0.05, 0.1) is 19.2 Å². The Balaban J connectivity index is 1.29. The van der Waals surface area contributed by atoms with Crippen molar-refractivity contribution in [3.05, 3.63) is 89.6 Å². The van der Waals surface area contributed by atoms with E-state index in [-0.39, 0.29) is 18.4 Å². The summed E-state index contributed by atoms with van der Waals surface area (Å²) in [5, 5.41) is 13.0. The topological polar surface area (TPSA) is 81.8 Å². The van der Waals surface area contributed by atoms with Crippen LogP contribution in [0.1, 0.15) is 41.6 Å². The Kier molecular flexibility index (Phi) is 5.06. The van der Waals surface area contributed by atoms with Crippen LogP contribution in [0.15, 0.2) is 77.4 Å². The zero-order valence-electron chi connectivity index (χ0n) is 18.4. The summed E-state index contributed by atoms with van der Waals surface area (Å²) < 4.78 is 17.6. The van der Waals surface area contributed by atoms with Gasteiger partial charge in [-0.05, 0) is 41.2 Å².